The van der Waals surface area contributed by atoms with Crippen LogP contribution in [0.5, 0.6) is 40.2 Å². The number of benzene rings is 2. The van der Waals surface area contributed by atoms with Gasteiger partial charge in [-0.3, -0.25) is 24.0 Å². The number of rotatable bonds is 7. The van der Waals surface area contributed by atoms with Crippen LogP contribution in [0.2, 0.25) is 0 Å². The van der Waals surface area contributed by atoms with Gasteiger partial charge in [0, 0.05) is 58.9 Å². The van der Waals surface area contributed by atoms with E-state index in [1.165, 1.54) is 38.1 Å². The van der Waals surface area contributed by atoms with Crippen molar-refractivity contribution in [2.75, 3.05) is 0 Å². The molecule has 180 valence electrons. The van der Waals surface area contributed by atoms with E-state index in [9.17, 15) is 24.0 Å². The second-order valence-corrected chi connectivity index (χ2v) is 7.63. The molecule has 0 aliphatic heterocycles. The second-order valence-electron chi connectivity index (χ2n) is 6.55. The predicted octanol–water partition coefficient (Wildman–Crippen LogP) is 3.71. The van der Waals surface area contributed by atoms with Gasteiger partial charge >= 0.3 is 29.8 Å². The minimum absolute atomic E-state index is 0.00218. The van der Waals surface area contributed by atoms with Crippen LogP contribution in [-0.2, 0) is 24.0 Å². The lowest BCUT2D eigenvalue weighted by molar-refractivity contribution is -0.133. The summed E-state index contributed by atoms with van der Waals surface area (Å²) in [5, 5.41) is 0. The van der Waals surface area contributed by atoms with Crippen LogP contribution in [0.4, 0.5) is 0 Å². The Morgan fingerprint density at radius 3 is 1.24 bits per heavy atom. The second kappa shape index (κ2) is 11.4. The van der Waals surface area contributed by atoms with Crippen molar-refractivity contribution >= 4 is 52.4 Å². The molecule has 0 radical (unpaired) electrons. The molecule has 0 amide bonds. The molecular weight excluding hydrogens is 567 g/mol. The van der Waals surface area contributed by atoms with Gasteiger partial charge in [-0.2, -0.15) is 0 Å². The highest BCUT2D eigenvalue weighted by atomic mass is 127. The summed E-state index contributed by atoms with van der Waals surface area (Å²) in [6, 6.07) is 4.98. The number of ether oxygens (including phenoxy) is 6. The molecule has 0 fully saturated rings. The van der Waals surface area contributed by atoms with Crippen molar-refractivity contribution in [2.24, 2.45) is 0 Å². The number of esters is 5. The third kappa shape index (κ3) is 7.72. The number of hydrogen-bond acceptors (Lipinski definition) is 11. The monoisotopic (exact) mass is 586 g/mol. The van der Waals surface area contributed by atoms with Gasteiger partial charge in [0.1, 0.15) is 17.2 Å². The lowest BCUT2D eigenvalue weighted by atomic mass is 10.2. The van der Waals surface area contributed by atoms with Crippen LogP contribution >= 0.6 is 22.6 Å². The van der Waals surface area contributed by atoms with Gasteiger partial charge in [0.15, 0.2) is 17.2 Å². The molecule has 0 unspecified atom stereocenters. The molecule has 2 rings (SSSR count). The highest BCUT2D eigenvalue weighted by Gasteiger charge is 2.23. The molecule has 11 nitrogen and oxygen atoms in total. The number of halogens is 1. The largest absolute Gasteiger partial charge is 0.448 e. The van der Waals surface area contributed by atoms with Crippen LogP contribution in [0.1, 0.15) is 34.6 Å². The fourth-order valence-electron chi connectivity index (χ4n) is 2.53. The molecule has 0 heterocycles. The van der Waals surface area contributed by atoms with Crippen molar-refractivity contribution in [3.8, 4) is 40.2 Å². The molecule has 0 aliphatic rings. The molecular formula is C22H19IO11. The third-order valence-electron chi connectivity index (χ3n) is 3.47. The molecule has 0 aromatic heterocycles. The Morgan fingerprint density at radius 1 is 0.529 bits per heavy atom. The van der Waals surface area contributed by atoms with Crippen LogP contribution in [0, 0.1) is 3.57 Å². The van der Waals surface area contributed by atoms with Gasteiger partial charge in [0.05, 0.1) is 3.57 Å². The van der Waals surface area contributed by atoms with E-state index < -0.39 is 29.8 Å². The van der Waals surface area contributed by atoms with Gasteiger partial charge in [0.2, 0.25) is 5.75 Å². The molecule has 2 aromatic rings. The van der Waals surface area contributed by atoms with Crippen molar-refractivity contribution in [2.45, 2.75) is 34.6 Å². The first kappa shape index (κ1) is 26.6. The van der Waals surface area contributed by atoms with Crippen LogP contribution in [0.15, 0.2) is 24.3 Å². The summed E-state index contributed by atoms with van der Waals surface area (Å²) in [5.41, 5.74) is 0. The maximum absolute atomic E-state index is 11.7. The summed E-state index contributed by atoms with van der Waals surface area (Å²) in [6.45, 7) is 5.76. The van der Waals surface area contributed by atoms with Crippen molar-refractivity contribution in [3.63, 3.8) is 0 Å². The van der Waals surface area contributed by atoms with E-state index in [4.69, 9.17) is 28.4 Å². The van der Waals surface area contributed by atoms with E-state index in [1.807, 2.05) is 22.6 Å². The third-order valence-corrected chi connectivity index (χ3v) is 4.53. The minimum atomic E-state index is -0.748. The SMILES string of the molecule is CC(=O)Oc1cc(OC(C)=O)c(I)c(Oc2c(OC(C)=O)cc(OC(C)=O)cc2OC(C)=O)c1. The summed E-state index contributed by atoms with van der Waals surface area (Å²) < 4.78 is 31.8. The maximum atomic E-state index is 11.7. The molecule has 2 aromatic carbocycles. The Labute approximate surface area is 207 Å². The van der Waals surface area contributed by atoms with Gasteiger partial charge in [-0.1, -0.05) is 0 Å². The fourth-order valence-corrected chi connectivity index (χ4v) is 3.06. The highest BCUT2D eigenvalue weighted by Crippen LogP contribution is 2.46. The topological polar surface area (TPSA) is 141 Å². The van der Waals surface area contributed by atoms with Gasteiger partial charge in [0.25, 0.3) is 0 Å². The van der Waals surface area contributed by atoms with E-state index >= 15 is 0 Å². The van der Waals surface area contributed by atoms with E-state index in [0.29, 0.717) is 0 Å². The Balaban J connectivity index is 2.72. The number of carbonyl (C=O) groups excluding carboxylic acids is 5. The zero-order valence-electron chi connectivity index (χ0n) is 18.7. The first-order chi connectivity index (χ1) is 15.8. The van der Waals surface area contributed by atoms with Crippen molar-refractivity contribution in [1.29, 1.82) is 0 Å². The minimum Gasteiger partial charge on any atom is -0.448 e. The lowest BCUT2D eigenvalue weighted by Gasteiger charge is -2.18. The van der Waals surface area contributed by atoms with E-state index in [-0.39, 0.29) is 43.8 Å². The molecule has 0 saturated carbocycles. The Kier molecular flexibility index (Phi) is 8.95. The number of hydrogen-bond donors (Lipinski definition) is 0. The van der Waals surface area contributed by atoms with Crippen LogP contribution in [0.3, 0.4) is 0 Å². The van der Waals surface area contributed by atoms with Gasteiger partial charge in [-0.25, -0.2) is 0 Å². The number of carbonyl (C=O) groups is 5. The zero-order chi connectivity index (χ0) is 25.6. The highest BCUT2D eigenvalue weighted by molar-refractivity contribution is 14.1. The molecule has 0 aliphatic carbocycles. The average molecular weight is 586 g/mol. The van der Waals surface area contributed by atoms with Gasteiger partial charge in [-0.05, 0) is 22.6 Å². The Hall–Kier alpha value is -3.68. The molecule has 0 N–H and O–H groups in total. The van der Waals surface area contributed by atoms with Crippen LogP contribution in [-0.4, -0.2) is 29.8 Å². The maximum Gasteiger partial charge on any atom is 0.308 e. The molecule has 0 bridgehead atoms. The smallest absolute Gasteiger partial charge is 0.308 e. The van der Waals surface area contributed by atoms with Crippen molar-refractivity contribution < 1.29 is 52.4 Å². The zero-order valence-corrected chi connectivity index (χ0v) is 20.8. The normalized spacial score (nSPS) is 10.1. The standard InChI is InChI=1S/C22H19IO11/c1-10(24)29-15-6-17(31-12(3)26)21(23)18(7-15)34-22-19(32-13(4)27)8-16(30-11(2)25)9-20(22)33-14(5)28/h6-9H,1-5H3. The molecule has 0 saturated heterocycles. The summed E-state index contributed by atoms with van der Waals surface area (Å²) in [7, 11) is 0. The van der Waals surface area contributed by atoms with Gasteiger partial charge < -0.3 is 28.4 Å². The quantitative estimate of drug-likeness (QED) is 0.266. The van der Waals surface area contributed by atoms with Gasteiger partial charge in [-0.15, -0.1) is 0 Å². The Bertz CT molecular complexity index is 1130. The Morgan fingerprint density at radius 2 is 0.853 bits per heavy atom. The summed E-state index contributed by atoms with van der Waals surface area (Å²) in [6.07, 6.45) is 0. The predicted molar refractivity (Wildman–Crippen MR) is 122 cm³/mol. The first-order valence-corrected chi connectivity index (χ1v) is 10.5. The molecule has 0 spiro atoms. The summed E-state index contributed by atoms with van der Waals surface area (Å²) in [4.78, 5) is 57.7. The van der Waals surface area contributed by atoms with Crippen molar-refractivity contribution in [1.82, 2.24) is 0 Å². The first-order valence-electron chi connectivity index (χ1n) is 9.47. The van der Waals surface area contributed by atoms with E-state index in [1.54, 1.807) is 0 Å². The summed E-state index contributed by atoms with van der Waals surface area (Å²) >= 11 is 1.82. The van der Waals surface area contributed by atoms with E-state index in [2.05, 4.69) is 0 Å². The van der Waals surface area contributed by atoms with Crippen LogP contribution in [0.25, 0.3) is 0 Å². The van der Waals surface area contributed by atoms with Crippen molar-refractivity contribution in [3.05, 3.63) is 27.8 Å². The van der Waals surface area contributed by atoms with Crippen LogP contribution < -0.4 is 28.4 Å². The molecule has 0 atom stereocenters. The van der Waals surface area contributed by atoms with E-state index in [0.717, 1.165) is 20.8 Å². The fraction of sp³-hybridized carbons (Fsp3) is 0.227. The summed E-state index contributed by atoms with van der Waals surface area (Å²) in [5.74, 6) is -4.28. The lowest BCUT2D eigenvalue weighted by Crippen LogP contribution is -2.09. The average Bonchev–Trinajstić information content (AvgIpc) is 2.65. The molecule has 34 heavy (non-hydrogen) atoms. The molecule has 12 heteroatoms.